The van der Waals surface area contributed by atoms with Crippen LogP contribution in [0.3, 0.4) is 0 Å². The van der Waals surface area contributed by atoms with E-state index in [2.05, 4.69) is 9.80 Å². The molecule has 0 saturated carbocycles. The van der Waals surface area contributed by atoms with E-state index in [1.54, 1.807) is 0 Å². The molecule has 0 aromatic heterocycles. The van der Waals surface area contributed by atoms with Crippen LogP contribution in [0.1, 0.15) is 38.5 Å². The van der Waals surface area contributed by atoms with Gasteiger partial charge in [0.15, 0.2) is 0 Å². The van der Waals surface area contributed by atoms with Gasteiger partial charge in [0, 0.05) is 19.6 Å². The average Bonchev–Trinajstić information content (AvgIpc) is 3.01. The second-order valence-corrected chi connectivity index (χ2v) is 5.34. The lowest BCUT2D eigenvalue weighted by Crippen LogP contribution is -2.47. The summed E-state index contributed by atoms with van der Waals surface area (Å²) in [5.41, 5.74) is 0. The maximum atomic E-state index is 4.78. The fourth-order valence-electron chi connectivity index (χ4n) is 3.37. The molecular formula is C13H23N3. The summed E-state index contributed by atoms with van der Waals surface area (Å²) in [6, 6.07) is 0.665. The minimum Gasteiger partial charge on any atom is -0.359 e. The van der Waals surface area contributed by atoms with Gasteiger partial charge in [-0.1, -0.05) is 6.42 Å². The van der Waals surface area contributed by atoms with Crippen LogP contribution < -0.4 is 0 Å². The minimum absolute atomic E-state index is 0.665. The van der Waals surface area contributed by atoms with E-state index < -0.39 is 0 Å². The maximum absolute atomic E-state index is 4.78. The molecular weight excluding hydrogens is 198 g/mol. The molecule has 16 heavy (non-hydrogen) atoms. The Hall–Kier alpha value is -0.570. The topological polar surface area (TPSA) is 18.8 Å². The Morgan fingerprint density at radius 3 is 2.31 bits per heavy atom. The number of aliphatic imine (C=N–C) groups is 1. The molecule has 0 amide bonds. The molecule has 90 valence electrons. The number of amidine groups is 1. The zero-order chi connectivity index (χ0) is 10.8. The fourth-order valence-corrected chi connectivity index (χ4v) is 3.37. The first-order valence-corrected chi connectivity index (χ1v) is 6.98. The highest BCUT2D eigenvalue weighted by Crippen LogP contribution is 2.23. The molecule has 3 heterocycles. The minimum atomic E-state index is 0.665. The smallest absolute Gasteiger partial charge is 0.116 e. The van der Waals surface area contributed by atoms with E-state index in [1.165, 1.54) is 70.5 Å². The monoisotopic (exact) mass is 221 g/mol. The Balaban J connectivity index is 1.67. The Bertz CT molecular complexity index is 262. The van der Waals surface area contributed by atoms with Gasteiger partial charge in [-0.15, -0.1) is 0 Å². The summed E-state index contributed by atoms with van der Waals surface area (Å²) in [5.74, 6) is 1.43. The summed E-state index contributed by atoms with van der Waals surface area (Å²) >= 11 is 0. The Labute approximate surface area is 98.5 Å². The molecule has 3 rings (SSSR count). The van der Waals surface area contributed by atoms with Crippen molar-refractivity contribution in [2.24, 2.45) is 4.99 Å². The highest BCUT2D eigenvalue weighted by molar-refractivity contribution is 5.89. The molecule has 0 aliphatic carbocycles. The summed E-state index contributed by atoms with van der Waals surface area (Å²) in [6.45, 7) is 6.18. The van der Waals surface area contributed by atoms with Gasteiger partial charge >= 0.3 is 0 Å². The van der Waals surface area contributed by atoms with Gasteiger partial charge < -0.3 is 4.90 Å². The largest absolute Gasteiger partial charge is 0.359 e. The van der Waals surface area contributed by atoms with Gasteiger partial charge in [0.1, 0.15) is 5.84 Å². The summed E-state index contributed by atoms with van der Waals surface area (Å²) in [4.78, 5) is 10.0. The Morgan fingerprint density at radius 2 is 1.56 bits per heavy atom. The third-order valence-electron chi connectivity index (χ3n) is 4.24. The molecule has 3 heteroatoms. The van der Waals surface area contributed by atoms with Crippen molar-refractivity contribution in [3.8, 4) is 0 Å². The first-order valence-electron chi connectivity index (χ1n) is 6.98. The molecule has 0 bridgehead atoms. The van der Waals surface area contributed by atoms with Crippen molar-refractivity contribution in [2.75, 3.05) is 32.7 Å². The molecule has 2 saturated heterocycles. The molecule has 0 N–H and O–H groups in total. The van der Waals surface area contributed by atoms with Crippen molar-refractivity contribution in [3.05, 3.63) is 0 Å². The van der Waals surface area contributed by atoms with E-state index in [9.17, 15) is 0 Å². The number of hydrogen-bond donors (Lipinski definition) is 0. The zero-order valence-electron chi connectivity index (χ0n) is 10.2. The van der Waals surface area contributed by atoms with Crippen LogP contribution in [0.15, 0.2) is 4.99 Å². The lowest BCUT2D eigenvalue weighted by Gasteiger charge is -2.35. The first kappa shape index (κ1) is 10.6. The summed E-state index contributed by atoms with van der Waals surface area (Å²) in [5, 5.41) is 0. The second kappa shape index (κ2) is 4.74. The van der Waals surface area contributed by atoms with Gasteiger partial charge in [0.2, 0.25) is 0 Å². The van der Waals surface area contributed by atoms with Crippen LogP contribution in [0.5, 0.6) is 0 Å². The summed E-state index contributed by atoms with van der Waals surface area (Å²) < 4.78 is 0. The van der Waals surface area contributed by atoms with Crippen molar-refractivity contribution in [3.63, 3.8) is 0 Å². The quantitative estimate of drug-likeness (QED) is 0.671. The third kappa shape index (κ3) is 1.97. The van der Waals surface area contributed by atoms with E-state index in [4.69, 9.17) is 4.99 Å². The van der Waals surface area contributed by atoms with Crippen molar-refractivity contribution >= 4 is 5.84 Å². The van der Waals surface area contributed by atoms with Crippen LogP contribution in [0, 0.1) is 0 Å². The van der Waals surface area contributed by atoms with Crippen molar-refractivity contribution in [1.82, 2.24) is 9.80 Å². The number of hydrogen-bond acceptors (Lipinski definition) is 3. The fraction of sp³-hybridized carbons (Fsp3) is 0.923. The molecule has 3 nitrogen and oxygen atoms in total. The third-order valence-corrected chi connectivity index (χ3v) is 4.24. The average molecular weight is 221 g/mol. The van der Waals surface area contributed by atoms with E-state index in [-0.39, 0.29) is 0 Å². The van der Waals surface area contributed by atoms with Crippen molar-refractivity contribution in [1.29, 1.82) is 0 Å². The van der Waals surface area contributed by atoms with Crippen molar-refractivity contribution in [2.45, 2.75) is 44.6 Å². The normalized spacial score (nSPS) is 32.1. The van der Waals surface area contributed by atoms with Gasteiger partial charge in [-0.3, -0.25) is 9.89 Å². The molecule has 0 radical (unpaired) electrons. The first-order chi connectivity index (χ1) is 7.95. The molecule has 0 aromatic rings. The predicted octanol–water partition coefficient (Wildman–Crippen LogP) is 1.74. The lowest BCUT2D eigenvalue weighted by molar-refractivity contribution is 0.193. The molecule has 3 aliphatic rings. The SMILES string of the molecule is C1CCN(C2CCN=C2N2CCCC2)CC1. The van der Waals surface area contributed by atoms with E-state index in [0.717, 1.165) is 6.54 Å². The van der Waals surface area contributed by atoms with Gasteiger partial charge in [-0.05, 0) is 45.2 Å². The van der Waals surface area contributed by atoms with Crippen LogP contribution in [0.4, 0.5) is 0 Å². The molecule has 2 fully saturated rings. The molecule has 0 spiro atoms. The summed E-state index contributed by atoms with van der Waals surface area (Å²) in [6.07, 6.45) is 8.22. The van der Waals surface area contributed by atoms with Crippen molar-refractivity contribution < 1.29 is 0 Å². The molecule has 1 atom stereocenters. The number of piperidine rings is 1. The molecule has 3 aliphatic heterocycles. The Kier molecular flexibility index (Phi) is 3.13. The van der Waals surface area contributed by atoms with Crippen LogP contribution in [0.25, 0.3) is 0 Å². The predicted molar refractivity (Wildman–Crippen MR) is 66.9 cm³/mol. The number of nitrogens with zero attached hydrogens (tertiary/aromatic N) is 3. The van der Waals surface area contributed by atoms with Gasteiger partial charge in [0.05, 0.1) is 6.04 Å². The maximum Gasteiger partial charge on any atom is 0.116 e. The highest BCUT2D eigenvalue weighted by atomic mass is 15.3. The number of likely N-dealkylation sites (tertiary alicyclic amines) is 2. The van der Waals surface area contributed by atoms with Crippen LogP contribution in [-0.4, -0.2) is 54.4 Å². The zero-order valence-corrected chi connectivity index (χ0v) is 10.2. The molecule has 1 unspecified atom stereocenters. The highest BCUT2D eigenvalue weighted by Gasteiger charge is 2.32. The summed E-state index contributed by atoms with van der Waals surface area (Å²) in [7, 11) is 0. The molecule has 0 aromatic carbocycles. The van der Waals surface area contributed by atoms with Crippen LogP contribution >= 0.6 is 0 Å². The lowest BCUT2D eigenvalue weighted by atomic mass is 10.1. The van der Waals surface area contributed by atoms with E-state index in [1.807, 2.05) is 0 Å². The number of rotatable bonds is 1. The van der Waals surface area contributed by atoms with Gasteiger partial charge in [-0.2, -0.15) is 0 Å². The van der Waals surface area contributed by atoms with Crippen LogP contribution in [-0.2, 0) is 0 Å². The second-order valence-electron chi connectivity index (χ2n) is 5.34. The standard InChI is InChI=1S/C13H23N3/c1-2-8-15(9-3-1)12-6-7-14-13(12)16-10-4-5-11-16/h12H,1-11H2. The van der Waals surface area contributed by atoms with Gasteiger partial charge in [-0.25, -0.2) is 0 Å². The van der Waals surface area contributed by atoms with E-state index >= 15 is 0 Å². The van der Waals surface area contributed by atoms with Gasteiger partial charge in [0.25, 0.3) is 0 Å². The van der Waals surface area contributed by atoms with Crippen LogP contribution in [0.2, 0.25) is 0 Å². The Morgan fingerprint density at radius 1 is 0.875 bits per heavy atom. The van der Waals surface area contributed by atoms with E-state index in [0.29, 0.717) is 6.04 Å².